The van der Waals surface area contributed by atoms with Crippen LogP contribution >= 0.6 is 0 Å². The smallest absolute Gasteiger partial charge is 0.135 e. The van der Waals surface area contributed by atoms with Gasteiger partial charge in [-0.1, -0.05) is 32.0 Å². The molecule has 1 atom stereocenters. The number of aromatic amines is 1. The number of H-pyrrole nitrogens is 1. The van der Waals surface area contributed by atoms with Gasteiger partial charge in [-0.3, -0.25) is 0 Å². The lowest BCUT2D eigenvalue weighted by Gasteiger charge is -2.31. The third-order valence-electron chi connectivity index (χ3n) is 3.99. The van der Waals surface area contributed by atoms with Crippen molar-refractivity contribution in [3.8, 4) is 5.75 Å². The number of nitrogens with one attached hydrogen (secondary N) is 1. The van der Waals surface area contributed by atoms with Crippen LogP contribution in [-0.4, -0.2) is 20.2 Å². The number of aromatic nitrogens is 2. The number of fused-ring (bicyclic) bond motifs is 1. The number of aliphatic hydroxyl groups is 1. The van der Waals surface area contributed by atoms with Gasteiger partial charge in [-0.2, -0.15) is 0 Å². The molecule has 4 heteroatoms. The summed E-state index contributed by atoms with van der Waals surface area (Å²) in [5, 5.41) is 22.6. The van der Waals surface area contributed by atoms with E-state index in [1.54, 1.807) is 24.7 Å². The maximum Gasteiger partial charge on any atom is 0.135 e. The highest BCUT2D eigenvalue weighted by Crippen LogP contribution is 2.37. The van der Waals surface area contributed by atoms with E-state index in [-0.39, 0.29) is 11.7 Å². The second-order valence-corrected chi connectivity index (χ2v) is 5.62. The molecule has 3 rings (SSSR count). The minimum atomic E-state index is -1.15. The minimum absolute atomic E-state index is 0.0321. The first-order valence-electron chi connectivity index (χ1n) is 6.96. The SMILES string of the molecule is CC(C)C(O)(c1ccc2cc(O)ccc2c1)c1c[nH]cn1. The zero-order valence-electron chi connectivity index (χ0n) is 12.0. The van der Waals surface area contributed by atoms with E-state index in [0.29, 0.717) is 5.69 Å². The van der Waals surface area contributed by atoms with E-state index in [0.717, 1.165) is 16.3 Å². The van der Waals surface area contributed by atoms with Crippen LogP contribution in [0.4, 0.5) is 0 Å². The van der Waals surface area contributed by atoms with E-state index in [1.807, 2.05) is 38.1 Å². The molecule has 0 radical (unpaired) electrons. The molecule has 0 bridgehead atoms. The lowest BCUT2D eigenvalue weighted by molar-refractivity contribution is 0.0281. The summed E-state index contributed by atoms with van der Waals surface area (Å²) in [5.74, 6) is 0.206. The molecule has 0 saturated carbocycles. The minimum Gasteiger partial charge on any atom is -0.508 e. The second kappa shape index (κ2) is 4.90. The standard InChI is InChI=1S/C17H18N2O2/c1-11(2)17(21,16-9-18-10-19-16)14-5-3-13-8-15(20)6-4-12(13)7-14/h3-11,20-21H,1-2H3,(H,18,19). The molecule has 3 aromatic rings. The van der Waals surface area contributed by atoms with Gasteiger partial charge in [0.2, 0.25) is 0 Å². The molecule has 3 N–H and O–H groups in total. The highest BCUT2D eigenvalue weighted by Gasteiger charge is 2.37. The van der Waals surface area contributed by atoms with Crippen LogP contribution in [0.5, 0.6) is 5.75 Å². The molecule has 1 aromatic heterocycles. The predicted molar refractivity (Wildman–Crippen MR) is 82.0 cm³/mol. The molecular weight excluding hydrogens is 264 g/mol. The Morgan fingerprint density at radius 3 is 2.48 bits per heavy atom. The Hall–Kier alpha value is -2.33. The number of phenolic OH excluding ortho intramolecular Hbond substituents is 1. The first-order chi connectivity index (χ1) is 10.0. The van der Waals surface area contributed by atoms with Gasteiger partial charge in [-0.25, -0.2) is 4.98 Å². The number of aromatic hydroxyl groups is 1. The highest BCUT2D eigenvalue weighted by atomic mass is 16.3. The highest BCUT2D eigenvalue weighted by molar-refractivity contribution is 5.84. The fourth-order valence-corrected chi connectivity index (χ4v) is 2.72. The Bertz CT molecular complexity index is 766. The van der Waals surface area contributed by atoms with Crippen molar-refractivity contribution in [2.45, 2.75) is 19.4 Å². The van der Waals surface area contributed by atoms with E-state index in [9.17, 15) is 10.2 Å². The summed E-state index contributed by atoms with van der Waals surface area (Å²) >= 11 is 0. The summed E-state index contributed by atoms with van der Waals surface area (Å²) < 4.78 is 0. The van der Waals surface area contributed by atoms with Crippen molar-refractivity contribution in [3.63, 3.8) is 0 Å². The van der Waals surface area contributed by atoms with Gasteiger partial charge in [-0.05, 0) is 40.5 Å². The van der Waals surface area contributed by atoms with Crippen LogP contribution in [0.1, 0.15) is 25.1 Å². The molecule has 0 fully saturated rings. The Balaban J connectivity index is 2.19. The van der Waals surface area contributed by atoms with Gasteiger partial charge in [0, 0.05) is 6.20 Å². The molecule has 108 valence electrons. The topological polar surface area (TPSA) is 69.1 Å². The molecule has 0 saturated heterocycles. The summed E-state index contributed by atoms with van der Waals surface area (Å²) in [5.41, 5.74) is 0.255. The summed E-state index contributed by atoms with van der Waals surface area (Å²) in [6.07, 6.45) is 3.29. The van der Waals surface area contributed by atoms with Crippen molar-refractivity contribution in [2.75, 3.05) is 0 Å². The van der Waals surface area contributed by atoms with Crippen molar-refractivity contribution in [1.82, 2.24) is 9.97 Å². The fraction of sp³-hybridized carbons (Fsp3) is 0.235. The van der Waals surface area contributed by atoms with Gasteiger partial charge >= 0.3 is 0 Å². The Morgan fingerprint density at radius 1 is 1.10 bits per heavy atom. The summed E-state index contributed by atoms with van der Waals surface area (Å²) in [6.45, 7) is 3.94. The second-order valence-electron chi connectivity index (χ2n) is 5.62. The number of benzene rings is 2. The van der Waals surface area contributed by atoms with Gasteiger partial charge in [-0.15, -0.1) is 0 Å². The lowest BCUT2D eigenvalue weighted by Crippen LogP contribution is -2.33. The van der Waals surface area contributed by atoms with Crippen molar-refractivity contribution in [1.29, 1.82) is 0 Å². The zero-order valence-corrected chi connectivity index (χ0v) is 12.0. The van der Waals surface area contributed by atoms with Crippen LogP contribution in [0.15, 0.2) is 48.9 Å². The van der Waals surface area contributed by atoms with Gasteiger partial charge in [0.05, 0.1) is 12.0 Å². The molecule has 0 amide bonds. The quantitative estimate of drug-likeness (QED) is 0.691. The molecule has 21 heavy (non-hydrogen) atoms. The first kappa shape index (κ1) is 13.6. The molecule has 0 aliphatic carbocycles. The van der Waals surface area contributed by atoms with Crippen molar-refractivity contribution < 1.29 is 10.2 Å². The lowest BCUT2D eigenvalue weighted by atomic mass is 9.80. The van der Waals surface area contributed by atoms with Crippen molar-refractivity contribution in [2.24, 2.45) is 5.92 Å². The van der Waals surface area contributed by atoms with Crippen LogP contribution in [0, 0.1) is 5.92 Å². The van der Waals surface area contributed by atoms with Crippen molar-refractivity contribution in [3.05, 3.63) is 60.2 Å². The molecule has 0 aliphatic heterocycles. The average Bonchev–Trinajstić information content (AvgIpc) is 3.00. The number of hydrogen-bond acceptors (Lipinski definition) is 3. The maximum atomic E-state index is 11.2. The predicted octanol–water partition coefficient (Wildman–Crippen LogP) is 3.16. The van der Waals surface area contributed by atoms with Crippen LogP contribution in [0.2, 0.25) is 0 Å². The molecule has 1 heterocycles. The maximum absolute atomic E-state index is 11.2. The Labute approximate surface area is 123 Å². The monoisotopic (exact) mass is 282 g/mol. The molecule has 4 nitrogen and oxygen atoms in total. The fourth-order valence-electron chi connectivity index (χ4n) is 2.72. The van der Waals surface area contributed by atoms with E-state index < -0.39 is 5.60 Å². The van der Waals surface area contributed by atoms with E-state index in [2.05, 4.69) is 9.97 Å². The molecule has 0 aliphatic rings. The normalized spacial score (nSPS) is 14.5. The third kappa shape index (κ3) is 2.17. The number of imidazole rings is 1. The molecule has 0 spiro atoms. The van der Waals surface area contributed by atoms with Crippen molar-refractivity contribution >= 4 is 10.8 Å². The summed E-state index contributed by atoms with van der Waals surface area (Å²) in [4.78, 5) is 7.14. The van der Waals surface area contributed by atoms with E-state index in [4.69, 9.17) is 0 Å². The van der Waals surface area contributed by atoms with Crippen LogP contribution in [0.25, 0.3) is 10.8 Å². The van der Waals surface area contributed by atoms with E-state index in [1.165, 1.54) is 0 Å². The molecule has 2 aromatic carbocycles. The Kier molecular flexibility index (Phi) is 3.18. The van der Waals surface area contributed by atoms with Crippen LogP contribution in [-0.2, 0) is 5.60 Å². The van der Waals surface area contributed by atoms with Crippen LogP contribution in [0.3, 0.4) is 0 Å². The van der Waals surface area contributed by atoms with Crippen LogP contribution < -0.4 is 0 Å². The first-order valence-corrected chi connectivity index (χ1v) is 6.96. The third-order valence-corrected chi connectivity index (χ3v) is 3.99. The van der Waals surface area contributed by atoms with Gasteiger partial charge in [0.25, 0.3) is 0 Å². The number of nitrogens with zero attached hydrogens (tertiary/aromatic N) is 1. The molecular formula is C17H18N2O2. The zero-order chi connectivity index (χ0) is 15.0. The summed E-state index contributed by atoms with van der Waals surface area (Å²) in [6, 6.07) is 10.9. The van der Waals surface area contributed by atoms with Gasteiger partial charge in [0.1, 0.15) is 11.4 Å². The summed E-state index contributed by atoms with van der Waals surface area (Å²) in [7, 11) is 0. The molecule has 1 unspecified atom stereocenters. The number of rotatable bonds is 3. The van der Waals surface area contributed by atoms with E-state index >= 15 is 0 Å². The average molecular weight is 282 g/mol. The van der Waals surface area contributed by atoms with Gasteiger partial charge < -0.3 is 15.2 Å². The Morgan fingerprint density at radius 2 is 1.81 bits per heavy atom. The largest absolute Gasteiger partial charge is 0.508 e. The van der Waals surface area contributed by atoms with Gasteiger partial charge in [0.15, 0.2) is 0 Å². The number of hydrogen-bond donors (Lipinski definition) is 3. The number of phenols is 1.